The molecule has 0 heterocycles. The molecule has 1 aliphatic carbocycles. The van der Waals surface area contributed by atoms with Crippen LogP contribution in [-0.4, -0.2) is 12.6 Å². The maximum absolute atomic E-state index is 6.10. The summed E-state index contributed by atoms with van der Waals surface area (Å²) in [4.78, 5) is 0. The highest BCUT2D eigenvalue weighted by Crippen LogP contribution is 2.28. The molecule has 2 N–H and O–H groups in total. The fraction of sp³-hybridized carbons (Fsp3) is 0.625. The number of rotatable bonds is 5. The van der Waals surface area contributed by atoms with E-state index in [1.54, 1.807) is 0 Å². The lowest BCUT2D eigenvalue weighted by molar-refractivity contribution is 0.00823. The van der Waals surface area contributed by atoms with Crippen molar-refractivity contribution in [3.8, 4) is 0 Å². The van der Waals surface area contributed by atoms with E-state index < -0.39 is 0 Å². The van der Waals surface area contributed by atoms with E-state index in [9.17, 15) is 0 Å². The normalized spacial score (nSPS) is 20.2. The number of nitrogens with two attached hydrogens (primary N) is 1. The van der Waals surface area contributed by atoms with Crippen molar-refractivity contribution in [3.05, 3.63) is 34.9 Å². The molecule has 1 fully saturated rings. The van der Waals surface area contributed by atoms with E-state index in [0.717, 1.165) is 17.2 Å². The Kier molecular flexibility index (Phi) is 5.68. The third kappa shape index (κ3) is 4.48. The molecule has 0 aromatic heterocycles. The zero-order chi connectivity index (χ0) is 13.7. The fourth-order valence-electron chi connectivity index (χ4n) is 2.83. The Labute approximate surface area is 121 Å². The molecule has 1 aromatic rings. The van der Waals surface area contributed by atoms with E-state index in [4.69, 9.17) is 22.1 Å². The SMILES string of the molecule is CC(N)C(OCC1CCCCC1)c1cccc(Cl)c1. The quantitative estimate of drug-likeness (QED) is 0.872. The Hall–Kier alpha value is -0.570. The van der Waals surface area contributed by atoms with E-state index in [1.165, 1.54) is 32.1 Å². The van der Waals surface area contributed by atoms with Gasteiger partial charge in [-0.05, 0) is 43.4 Å². The van der Waals surface area contributed by atoms with Gasteiger partial charge in [0.05, 0.1) is 12.7 Å². The number of halogens is 1. The van der Waals surface area contributed by atoms with Crippen LogP contribution in [0.5, 0.6) is 0 Å². The molecule has 1 aliphatic rings. The van der Waals surface area contributed by atoms with Crippen LogP contribution in [0.4, 0.5) is 0 Å². The third-order valence-corrected chi connectivity index (χ3v) is 4.13. The highest BCUT2D eigenvalue weighted by Gasteiger charge is 2.20. The summed E-state index contributed by atoms with van der Waals surface area (Å²) >= 11 is 6.05. The van der Waals surface area contributed by atoms with Crippen molar-refractivity contribution >= 4 is 11.6 Å². The standard InChI is InChI=1S/C16H24ClNO/c1-12(18)16(14-8-5-9-15(17)10-14)19-11-13-6-3-2-4-7-13/h5,8-10,12-13,16H,2-4,6-7,11,18H2,1H3. The second-order valence-corrected chi connectivity index (χ2v) is 6.11. The first-order valence-corrected chi connectivity index (χ1v) is 7.67. The van der Waals surface area contributed by atoms with Crippen molar-refractivity contribution in [2.75, 3.05) is 6.61 Å². The lowest BCUT2D eigenvalue weighted by Crippen LogP contribution is -2.29. The minimum absolute atomic E-state index is 0.0259. The molecule has 0 radical (unpaired) electrons. The van der Waals surface area contributed by atoms with Gasteiger partial charge in [-0.2, -0.15) is 0 Å². The first-order valence-electron chi connectivity index (χ1n) is 7.29. The summed E-state index contributed by atoms with van der Waals surface area (Å²) in [7, 11) is 0. The van der Waals surface area contributed by atoms with Crippen LogP contribution in [0.15, 0.2) is 24.3 Å². The first-order chi connectivity index (χ1) is 9.16. The average molecular weight is 282 g/mol. The highest BCUT2D eigenvalue weighted by molar-refractivity contribution is 6.30. The molecule has 2 unspecified atom stereocenters. The van der Waals surface area contributed by atoms with Gasteiger partial charge in [-0.3, -0.25) is 0 Å². The molecule has 0 spiro atoms. The molecular formula is C16H24ClNO. The predicted octanol–water partition coefficient (Wildman–Crippen LogP) is 4.33. The van der Waals surface area contributed by atoms with Crippen LogP contribution < -0.4 is 5.73 Å². The molecule has 1 aromatic carbocycles. The maximum Gasteiger partial charge on any atom is 0.0973 e. The van der Waals surface area contributed by atoms with Crippen LogP contribution in [0.1, 0.15) is 50.7 Å². The Balaban J connectivity index is 1.96. The van der Waals surface area contributed by atoms with E-state index in [-0.39, 0.29) is 12.1 Å². The van der Waals surface area contributed by atoms with Crippen LogP contribution in [0, 0.1) is 5.92 Å². The average Bonchev–Trinajstić information content (AvgIpc) is 2.40. The molecule has 106 valence electrons. The third-order valence-electron chi connectivity index (χ3n) is 3.89. The Bertz CT molecular complexity index is 388. The van der Waals surface area contributed by atoms with Gasteiger partial charge >= 0.3 is 0 Å². The maximum atomic E-state index is 6.10. The number of hydrogen-bond acceptors (Lipinski definition) is 2. The van der Waals surface area contributed by atoms with Gasteiger partial charge in [0.1, 0.15) is 0 Å². The van der Waals surface area contributed by atoms with Gasteiger partial charge in [0, 0.05) is 11.1 Å². The van der Waals surface area contributed by atoms with Crippen molar-refractivity contribution in [3.63, 3.8) is 0 Å². The molecule has 3 heteroatoms. The number of hydrogen-bond donors (Lipinski definition) is 1. The topological polar surface area (TPSA) is 35.2 Å². The van der Waals surface area contributed by atoms with Crippen LogP contribution in [0.3, 0.4) is 0 Å². The predicted molar refractivity (Wildman–Crippen MR) is 80.4 cm³/mol. The summed E-state index contributed by atoms with van der Waals surface area (Å²) in [6.07, 6.45) is 6.59. The lowest BCUT2D eigenvalue weighted by Gasteiger charge is -2.27. The van der Waals surface area contributed by atoms with Crippen molar-refractivity contribution in [2.24, 2.45) is 11.7 Å². The number of benzene rings is 1. The van der Waals surface area contributed by atoms with Gasteiger partial charge in [-0.1, -0.05) is 43.0 Å². The van der Waals surface area contributed by atoms with Crippen molar-refractivity contribution < 1.29 is 4.74 Å². The van der Waals surface area contributed by atoms with Gasteiger partial charge in [0.25, 0.3) is 0 Å². The van der Waals surface area contributed by atoms with Crippen molar-refractivity contribution in [2.45, 2.75) is 51.2 Å². The van der Waals surface area contributed by atoms with Crippen molar-refractivity contribution in [1.29, 1.82) is 0 Å². The Morgan fingerprint density at radius 1 is 1.32 bits per heavy atom. The molecule has 2 rings (SSSR count). The lowest BCUT2D eigenvalue weighted by atomic mass is 9.90. The summed E-state index contributed by atoms with van der Waals surface area (Å²) in [5.74, 6) is 0.703. The largest absolute Gasteiger partial charge is 0.372 e. The van der Waals surface area contributed by atoms with Crippen LogP contribution >= 0.6 is 11.6 Å². The van der Waals surface area contributed by atoms with E-state index >= 15 is 0 Å². The van der Waals surface area contributed by atoms with E-state index in [0.29, 0.717) is 5.92 Å². The second-order valence-electron chi connectivity index (χ2n) is 5.67. The van der Waals surface area contributed by atoms with Gasteiger partial charge in [0.2, 0.25) is 0 Å². The molecule has 2 atom stereocenters. The first kappa shape index (κ1) is 14.8. The molecule has 0 bridgehead atoms. The van der Waals surface area contributed by atoms with E-state index in [2.05, 4.69) is 0 Å². The van der Waals surface area contributed by atoms with Gasteiger partial charge in [0.15, 0.2) is 0 Å². The highest BCUT2D eigenvalue weighted by atomic mass is 35.5. The summed E-state index contributed by atoms with van der Waals surface area (Å²) < 4.78 is 6.10. The summed E-state index contributed by atoms with van der Waals surface area (Å²) in [5, 5.41) is 0.740. The minimum Gasteiger partial charge on any atom is -0.372 e. The van der Waals surface area contributed by atoms with Crippen LogP contribution in [0.25, 0.3) is 0 Å². The summed E-state index contributed by atoms with van der Waals surface area (Å²) in [5.41, 5.74) is 7.15. The van der Waals surface area contributed by atoms with E-state index in [1.807, 2.05) is 31.2 Å². The monoisotopic (exact) mass is 281 g/mol. The molecule has 0 aliphatic heterocycles. The van der Waals surface area contributed by atoms with Crippen LogP contribution in [0.2, 0.25) is 5.02 Å². The van der Waals surface area contributed by atoms with Gasteiger partial charge in [-0.15, -0.1) is 0 Å². The smallest absolute Gasteiger partial charge is 0.0973 e. The van der Waals surface area contributed by atoms with Gasteiger partial charge in [-0.25, -0.2) is 0 Å². The molecule has 0 amide bonds. The molecule has 0 saturated heterocycles. The zero-order valence-electron chi connectivity index (χ0n) is 11.6. The summed E-state index contributed by atoms with van der Waals surface area (Å²) in [6, 6.07) is 7.81. The second kappa shape index (κ2) is 7.28. The Morgan fingerprint density at radius 3 is 2.68 bits per heavy atom. The zero-order valence-corrected chi connectivity index (χ0v) is 12.4. The number of ether oxygens (including phenoxy) is 1. The fourth-order valence-corrected chi connectivity index (χ4v) is 3.03. The van der Waals surface area contributed by atoms with Crippen LogP contribution in [-0.2, 0) is 4.74 Å². The molecular weight excluding hydrogens is 258 g/mol. The molecule has 1 saturated carbocycles. The summed E-state index contributed by atoms with van der Waals surface area (Å²) in [6.45, 7) is 2.81. The Morgan fingerprint density at radius 2 is 2.05 bits per heavy atom. The minimum atomic E-state index is -0.0550. The van der Waals surface area contributed by atoms with Crippen molar-refractivity contribution in [1.82, 2.24) is 0 Å². The van der Waals surface area contributed by atoms with Gasteiger partial charge < -0.3 is 10.5 Å². The molecule has 2 nitrogen and oxygen atoms in total. The molecule has 19 heavy (non-hydrogen) atoms.